The molecule has 126 valence electrons. The molecule has 7 heteroatoms. The Labute approximate surface area is 139 Å². The molecule has 3 N–H and O–H groups in total. The Kier molecular flexibility index (Phi) is 4.71. The topological polar surface area (TPSA) is 90.1 Å². The van der Waals surface area contributed by atoms with Gasteiger partial charge in [-0.1, -0.05) is 12.1 Å². The fraction of sp³-hybridized carbons (Fsp3) is 0.353. The van der Waals surface area contributed by atoms with Crippen molar-refractivity contribution in [2.45, 2.75) is 18.3 Å². The molecular weight excluding hydrogens is 311 g/mol. The molecular formula is C17H19FN4O2. The van der Waals surface area contributed by atoms with Crippen LogP contribution in [0.15, 0.2) is 36.7 Å². The second-order valence-electron chi connectivity index (χ2n) is 5.87. The number of amides is 1. The first-order chi connectivity index (χ1) is 11.6. The van der Waals surface area contributed by atoms with E-state index in [1.165, 1.54) is 24.5 Å². The van der Waals surface area contributed by atoms with Gasteiger partial charge in [-0.2, -0.15) is 0 Å². The quantitative estimate of drug-likeness (QED) is 0.890. The van der Waals surface area contributed by atoms with Gasteiger partial charge in [0.15, 0.2) is 11.5 Å². The number of hydrogen-bond donors (Lipinski definition) is 2. The predicted octanol–water partition coefficient (Wildman–Crippen LogP) is 1.68. The van der Waals surface area contributed by atoms with E-state index in [1.807, 2.05) is 0 Å². The number of hydrogen-bond acceptors (Lipinski definition) is 5. The molecule has 0 bridgehead atoms. The average Bonchev–Trinajstić information content (AvgIpc) is 2.61. The van der Waals surface area contributed by atoms with Crippen LogP contribution < -0.4 is 11.1 Å². The molecule has 0 aliphatic carbocycles. The molecule has 1 aromatic carbocycles. The van der Waals surface area contributed by atoms with Gasteiger partial charge in [-0.3, -0.25) is 4.79 Å². The number of anilines is 1. The van der Waals surface area contributed by atoms with Crippen LogP contribution in [-0.4, -0.2) is 35.6 Å². The van der Waals surface area contributed by atoms with Gasteiger partial charge in [0.05, 0.1) is 0 Å². The molecule has 0 unspecified atom stereocenters. The zero-order chi connectivity index (χ0) is 17.0. The third kappa shape index (κ3) is 3.35. The van der Waals surface area contributed by atoms with Crippen molar-refractivity contribution in [1.29, 1.82) is 0 Å². The first-order valence-electron chi connectivity index (χ1n) is 7.79. The van der Waals surface area contributed by atoms with Gasteiger partial charge in [0, 0.05) is 37.6 Å². The molecule has 1 fully saturated rings. The van der Waals surface area contributed by atoms with Gasteiger partial charge in [-0.05, 0) is 30.5 Å². The van der Waals surface area contributed by atoms with Crippen LogP contribution in [0.3, 0.4) is 0 Å². The standard InChI is InChI=1S/C17H19FN4O2/c18-13-3-1-12(2-4-13)17(5-9-24-10-6-17)11-22-16(23)14-15(19)21-8-7-20-14/h1-4,7-8H,5-6,9-11H2,(H2,19,21)(H,22,23). The van der Waals surface area contributed by atoms with Gasteiger partial charge in [-0.15, -0.1) is 0 Å². The number of nitrogens with one attached hydrogen (secondary N) is 1. The third-order valence-electron chi connectivity index (χ3n) is 4.44. The van der Waals surface area contributed by atoms with Crippen LogP contribution in [0.1, 0.15) is 28.9 Å². The molecule has 1 aliphatic rings. The molecule has 0 radical (unpaired) electrons. The average molecular weight is 330 g/mol. The summed E-state index contributed by atoms with van der Waals surface area (Å²) < 4.78 is 18.7. The van der Waals surface area contributed by atoms with E-state index in [0.29, 0.717) is 19.8 Å². The number of carbonyl (C=O) groups excluding carboxylic acids is 1. The highest BCUT2D eigenvalue weighted by atomic mass is 19.1. The zero-order valence-corrected chi connectivity index (χ0v) is 13.2. The molecule has 3 rings (SSSR count). The Balaban J connectivity index is 1.79. The summed E-state index contributed by atoms with van der Waals surface area (Å²) in [5.41, 5.74) is 6.50. The first-order valence-corrected chi connectivity index (χ1v) is 7.79. The van der Waals surface area contributed by atoms with E-state index in [-0.39, 0.29) is 28.7 Å². The maximum absolute atomic E-state index is 13.2. The van der Waals surface area contributed by atoms with E-state index in [4.69, 9.17) is 10.5 Å². The molecule has 24 heavy (non-hydrogen) atoms. The predicted molar refractivity (Wildman–Crippen MR) is 86.9 cm³/mol. The number of aromatic nitrogens is 2. The highest BCUT2D eigenvalue weighted by molar-refractivity contribution is 5.96. The molecule has 1 aliphatic heterocycles. The van der Waals surface area contributed by atoms with E-state index in [0.717, 1.165) is 18.4 Å². The summed E-state index contributed by atoms with van der Waals surface area (Å²) in [6, 6.07) is 6.41. The van der Waals surface area contributed by atoms with Crippen molar-refractivity contribution in [1.82, 2.24) is 15.3 Å². The Morgan fingerprint density at radius 3 is 2.54 bits per heavy atom. The smallest absolute Gasteiger partial charge is 0.273 e. The van der Waals surface area contributed by atoms with Crippen LogP contribution >= 0.6 is 0 Å². The summed E-state index contributed by atoms with van der Waals surface area (Å²) in [5.74, 6) is -0.552. The summed E-state index contributed by atoms with van der Waals surface area (Å²) >= 11 is 0. The minimum Gasteiger partial charge on any atom is -0.382 e. The molecule has 2 heterocycles. The number of ether oxygens (including phenoxy) is 1. The molecule has 0 spiro atoms. The highest BCUT2D eigenvalue weighted by Crippen LogP contribution is 2.34. The van der Waals surface area contributed by atoms with E-state index >= 15 is 0 Å². The number of nitrogens with two attached hydrogens (primary N) is 1. The van der Waals surface area contributed by atoms with E-state index in [1.54, 1.807) is 12.1 Å². The van der Waals surface area contributed by atoms with Gasteiger partial charge >= 0.3 is 0 Å². The zero-order valence-electron chi connectivity index (χ0n) is 13.2. The third-order valence-corrected chi connectivity index (χ3v) is 4.44. The van der Waals surface area contributed by atoms with Gasteiger partial charge in [0.25, 0.3) is 5.91 Å². The SMILES string of the molecule is Nc1nccnc1C(=O)NCC1(c2ccc(F)cc2)CCOCC1. The van der Waals surface area contributed by atoms with Crippen molar-refractivity contribution in [3.8, 4) is 0 Å². The monoisotopic (exact) mass is 330 g/mol. The number of carbonyl (C=O) groups is 1. The summed E-state index contributed by atoms with van der Waals surface area (Å²) in [7, 11) is 0. The largest absolute Gasteiger partial charge is 0.382 e. The maximum Gasteiger partial charge on any atom is 0.273 e. The van der Waals surface area contributed by atoms with Crippen molar-refractivity contribution < 1.29 is 13.9 Å². The molecule has 6 nitrogen and oxygen atoms in total. The molecule has 1 amide bonds. The van der Waals surface area contributed by atoms with Crippen molar-refractivity contribution in [3.05, 3.63) is 53.7 Å². The Morgan fingerprint density at radius 1 is 1.21 bits per heavy atom. The normalized spacial score (nSPS) is 16.5. The van der Waals surface area contributed by atoms with Crippen molar-refractivity contribution in [2.24, 2.45) is 0 Å². The van der Waals surface area contributed by atoms with Crippen LogP contribution in [0.5, 0.6) is 0 Å². The summed E-state index contributed by atoms with van der Waals surface area (Å²) in [6.07, 6.45) is 4.35. The highest BCUT2D eigenvalue weighted by Gasteiger charge is 2.35. The second kappa shape index (κ2) is 6.92. The Hall–Kier alpha value is -2.54. The number of nitrogens with zero attached hydrogens (tertiary/aromatic N) is 2. The van der Waals surface area contributed by atoms with E-state index < -0.39 is 0 Å². The fourth-order valence-corrected chi connectivity index (χ4v) is 2.99. The fourth-order valence-electron chi connectivity index (χ4n) is 2.99. The van der Waals surface area contributed by atoms with Crippen LogP contribution in [0.4, 0.5) is 10.2 Å². The minimum atomic E-state index is -0.367. The number of nitrogen functional groups attached to an aromatic ring is 1. The van der Waals surface area contributed by atoms with Crippen molar-refractivity contribution in [3.63, 3.8) is 0 Å². The van der Waals surface area contributed by atoms with Gasteiger partial charge in [-0.25, -0.2) is 14.4 Å². The number of halogens is 1. The number of benzene rings is 1. The lowest BCUT2D eigenvalue weighted by atomic mass is 9.74. The van der Waals surface area contributed by atoms with Crippen molar-refractivity contribution in [2.75, 3.05) is 25.5 Å². The van der Waals surface area contributed by atoms with Gasteiger partial charge in [0.1, 0.15) is 5.82 Å². The van der Waals surface area contributed by atoms with Crippen LogP contribution in [-0.2, 0) is 10.2 Å². The summed E-state index contributed by atoms with van der Waals surface area (Å²) in [6.45, 7) is 1.60. The molecule has 0 saturated carbocycles. The van der Waals surface area contributed by atoms with Crippen LogP contribution in [0.25, 0.3) is 0 Å². The second-order valence-corrected chi connectivity index (χ2v) is 5.87. The number of rotatable bonds is 4. The van der Waals surface area contributed by atoms with Crippen molar-refractivity contribution >= 4 is 11.7 Å². The molecule has 2 aromatic rings. The van der Waals surface area contributed by atoms with E-state index in [9.17, 15) is 9.18 Å². The summed E-state index contributed by atoms with van der Waals surface area (Å²) in [4.78, 5) is 20.2. The van der Waals surface area contributed by atoms with Gasteiger partial charge < -0.3 is 15.8 Å². The molecule has 1 saturated heterocycles. The van der Waals surface area contributed by atoms with Gasteiger partial charge in [0.2, 0.25) is 0 Å². The van der Waals surface area contributed by atoms with Crippen LogP contribution in [0.2, 0.25) is 0 Å². The van der Waals surface area contributed by atoms with E-state index in [2.05, 4.69) is 15.3 Å². The molecule has 0 atom stereocenters. The lowest BCUT2D eigenvalue weighted by molar-refractivity contribution is 0.0486. The molecule has 1 aromatic heterocycles. The lowest BCUT2D eigenvalue weighted by Crippen LogP contribution is -2.44. The Bertz CT molecular complexity index is 715. The van der Waals surface area contributed by atoms with Crippen LogP contribution in [0, 0.1) is 5.82 Å². The maximum atomic E-state index is 13.2. The summed E-state index contributed by atoms with van der Waals surface area (Å²) in [5, 5.41) is 2.89. The lowest BCUT2D eigenvalue weighted by Gasteiger charge is -2.38. The first kappa shape index (κ1) is 16.3. The Morgan fingerprint density at radius 2 is 1.88 bits per heavy atom. The minimum absolute atomic E-state index is 0.0952.